The van der Waals surface area contributed by atoms with Gasteiger partial charge in [0, 0.05) is 12.4 Å². The largest absolute Gasteiger partial charge is 0.269 e. The molecule has 3 aromatic carbocycles. The molecule has 2 amide bonds. The first kappa shape index (κ1) is 19.2. The average Bonchev–Trinajstić information content (AvgIpc) is 3.07. The Morgan fingerprint density at radius 1 is 0.710 bits per heavy atom. The van der Waals surface area contributed by atoms with E-state index in [-0.39, 0.29) is 17.0 Å². The Bertz CT molecular complexity index is 1270. The smallest absolute Gasteiger partial charge is 0.262 e. The van der Waals surface area contributed by atoms with Crippen molar-refractivity contribution in [2.75, 3.05) is 0 Å². The molecule has 1 aliphatic rings. The molecule has 1 unspecified atom stereocenters. The van der Waals surface area contributed by atoms with E-state index in [0.717, 1.165) is 16.7 Å². The number of fused-ring (bicyclic) bond motifs is 1. The molecule has 0 radical (unpaired) electrons. The monoisotopic (exact) mass is 425 g/mol. The van der Waals surface area contributed by atoms with E-state index < -0.39 is 6.04 Å². The zero-order valence-corrected chi connectivity index (χ0v) is 17.0. The predicted molar refractivity (Wildman–Crippen MR) is 118 cm³/mol. The van der Waals surface area contributed by atoms with E-state index in [1.807, 2.05) is 54.6 Å². The number of imide groups is 1. The minimum atomic E-state index is -0.808. The van der Waals surface area contributed by atoms with Gasteiger partial charge in [-0.3, -0.25) is 19.5 Å². The summed E-state index contributed by atoms with van der Waals surface area (Å²) in [4.78, 5) is 36.3. The highest BCUT2D eigenvalue weighted by atomic mass is 35.5. The van der Waals surface area contributed by atoms with Crippen LogP contribution in [0.15, 0.2) is 91.3 Å². The number of hydrogen-bond donors (Lipinski definition) is 0. The second-order valence-corrected chi connectivity index (χ2v) is 7.51. The summed E-state index contributed by atoms with van der Waals surface area (Å²) in [6.45, 7) is 0. The van der Waals surface area contributed by atoms with Crippen molar-refractivity contribution in [2.24, 2.45) is 0 Å². The molecule has 0 N–H and O–H groups in total. The van der Waals surface area contributed by atoms with Crippen molar-refractivity contribution in [3.05, 3.63) is 119 Å². The van der Waals surface area contributed by atoms with E-state index >= 15 is 0 Å². The van der Waals surface area contributed by atoms with Crippen LogP contribution in [0, 0.1) is 0 Å². The van der Waals surface area contributed by atoms with Gasteiger partial charge in [0.15, 0.2) is 5.15 Å². The third-order valence-electron chi connectivity index (χ3n) is 5.33. The number of amides is 2. The molecule has 0 saturated carbocycles. The van der Waals surface area contributed by atoms with Crippen LogP contribution in [0.4, 0.5) is 0 Å². The van der Waals surface area contributed by atoms with Crippen molar-refractivity contribution in [1.29, 1.82) is 0 Å². The summed E-state index contributed by atoms with van der Waals surface area (Å²) in [6.07, 6.45) is 2.99. The van der Waals surface area contributed by atoms with Crippen LogP contribution in [0.2, 0.25) is 5.15 Å². The average molecular weight is 426 g/mol. The third kappa shape index (κ3) is 3.29. The van der Waals surface area contributed by atoms with Crippen LogP contribution in [0.25, 0.3) is 11.1 Å². The van der Waals surface area contributed by atoms with Crippen molar-refractivity contribution in [3.8, 4) is 11.1 Å². The van der Waals surface area contributed by atoms with Crippen molar-refractivity contribution in [2.45, 2.75) is 6.04 Å². The zero-order chi connectivity index (χ0) is 21.4. The van der Waals surface area contributed by atoms with Crippen LogP contribution in [0.5, 0.6) is 0 Å². The van der Waals surface area contributed by atoms with E-state index in [4.69, 9.17) is 11.6 Å². The van der Waals surface area contributed by atoms with Gasteiger partial charge in [0.2, 0.25) is 0 Å². The molecule has 1 atom stereocenters. The summed E-state index contributed by atoms with van der Waals surface area (Å²) in [5, 5.41) is 0.147. The fourth-order valence-corrected chi connectivity index (χ4v) is 4.11. The highest BCUT2D eigenvalue weighted by Gasteiger charge is 2.42. The molecule has 31 heavy (non-hydrogen) atoms. The van der Waals surface area contributed by atoms with Crippen molar-refractivity contribution in [1.82, 2.24) is 14.9 Å². The molecule has 5 rings (SSSR count). The SMILES string of the molecule is O=C1c2ccccc2C(=O)N1C(c1cccc(-c2ccccc2)c1)c1nccnc1Cl. The third-order valence-corrected chi connectivity index (χ3v) is 5.62. The lowest BCUT2D eigenvalue weighted by Crippen LogP contribution is -2.35. The molecule has 6 heteroatoms. The second kappa shape index (κ2) is 7.78. The van der Waals surface area contributed by atoms with Crippen LogP contribution in [0.3, 0.4) is 0 Å². The zero-order valence-electron chi connectivity index (χ0n) is 16.3. The maximum Gasteiger partial charge on any atom is 0.262 e. The van der Waals surface area contributed by atoms with Crippen LogP contribution < -0.4 is 0 Å². The molecule has 4 aromatic rings. The molecule has 2 heterocycles. The fraction of sp³-hybridized carbons (Fsp3) is 0.0400. The molecule has 0 saturated heterocycles. The van der Waals surface area contributed by atoms with Gasteiger partial charge in [-0.2, -0.15) is 0 Å². The van der Waals surface area contributed by atoms with Crippen LogP contribution in [-0.4, -0.2) is 26.7 Å². The maximum atomic E-state index is 13.3. The first-order valence-corrected chi connectivity index (χ1v) is 10.1. The first-order valence-electron chi connectivity index (χ1n) is 9.74. The number of carbonyl (C=O) groups excluding carboxylic acids is 2. The summed E-state index contributed by atoms with van der Waals surface area (Å²) in [6, 6.07) is 23.6. The standard InChI is InChI=1S/C25H16ClN3O2/c26-23-21(27-13-14-28-23)22(29-24(30)19-11-4-5-12-20(19)25(29)31)18-10-6-9-17(15-18)16-7-2-1-3-8-16/h1-15,22H. The summed E-state index contributed by atoms with van der Waals surface area (Å²) in [5.74, 6) is -0.755. The molecule has 0 spiro atoms. The number of benzene rings is 3. The molecule has 5 nitrogen and oxygen atoms in total. The topological polar surface area (TPSA) is 63.2 Å². The normalized spacial score (nSPS) is 13.9. The molecular weight excluding hydrogens is 410 g/mol. The summed E-state index contributed by atoms with van der Waals surface area (Å²) in [7, 11) is 0. The number of hydrogen-bond acceptors (Lipinski definition) is 4. The van der Waals surface area contributed by atoms with E-state index in [9.17, 15) is 9.59 Å². The molecule has 0 bridgehead atoms. The fourth-order valence-electron chi connectivity index (χ4n) is 3.91. The van der Waals surface area contributed by atoms with Crippen molar-refractivity contribution >= 4 is 23.4 Å². The minimum absolute atomic E-state index is 0.147. The quantitative estimate of drug-likeness (QED) is 0.422. The summed E-state index contributed by atoms with van der Waals surface area (Å²) in [5.41, 5.74) is 3.80. The van der Waals surface area contributed by atoms with Gasteiger partial charge in [0.1, 0.15) is 11.7 Å². The lowest BCUT2D eigenvalue weighted by molar-refractivity contribution is 0.0606. The lowest BCUT2D eigenvalue weighted by atomic mass is 9.97. The molecule has 0 fully saturated rings. The van der Waals surface area contributed by atoms with E-state index in [1.54, 1.807) is 24.3 Å². The summed E-state index contributed by atoms with van der Waals surface area (Å²) >= 11 is 6.39. The van der Waals surface area contributed by atoms with Gasteiger partial charge in [0.05, 0.1) is 11.1 Å². The Morgan fingerprint density at radius 3 is 2.00 bits per heavy atom. The Labute approximate surface area is 184 Å². The summed E-state index contributed by atoms with van der Waals surface area (Å²) < 4.78 is 0. The number of nitrogens with zero attached hydrogens (tertiary/aromatic N) is 3. The van der Waals surface area contributed by atoms with Crippen LogP contribution in [-0.2, 0) is 0 Å². The Balaban J connectivity index is 1.68. The highest BCUT2D eigenvalue weighted by Crippen LogP contribution is 2.38. The number of rotatable bonds is 4. The molecule has 150 valence electrons. The number of halogens is 1. The second-order valence-electron chi connectivity index (χ2n) is 7.15. The predicted octanol–water partition coefficient (Wildman–Crippen LogP) is 5.18. The van der Waals surface area contributed by atoms with E-state index in [0.29, 0.717) is 16.8 Å². The number of aromatic nitrogens is 2. The highest BCUT2D eigenvalue weighted by molar-refractivity contribution is 6.30. The van der Waals surface area contributed by atoms with Gasteiger partial charge >= 0.3 is 0 Å². The van der Waals surface area contributed by atoms with Gasteiger partial charge in [-0.15, -0.1) is 0 Å². The molecule has 0 aliphatic carbocycles. The lowest BCUT2D eigenvalue weighted by Gasteiger charge is -2.27. The van der Waals surface area contributed by atoms with Crippen LogP contribution in [0.1, 0.15) is 38.0 Å². The van der Waals surface area contributed by atoms with Gasteiger partial charge < -0.3 is 0 Å². The van der Waals surface area contributed by atoms with Gasteiger partial charge in [-0.25, -0.2) is 4.98 Å². The number of carbonyl (C=O) groups is 2. The maximum absolute atomic E-state index is 13.3. The Hall–Kier alpha value is -3.83. The Morgan fingerprint density at radius 2 is 1.32 bits per heavy atom. The van der Waals surface area contributed by atoms with E-state index in [2.05, 4.69) is 9.97 Å². The van der Waals surface area contributed by atoms with Crippen molar-refractivity contribution < 1.29 is 9.59 Å². The van der Waals surface area contributed by atoms with Crippen LogP contribution >= 0.6 is 11.6 Å². The van der Waals surface area contributed by atoms with Gasteiger partial charge in [-0.05, 0) is 34.9 Å². The van der Waals surface area contributed by atoms with Gasteiger partial charge in [-0.1, -0.05) is 72.3 Å². The van der Waals surface area contributed by atoms with Crippen molar-refractivity contribution in [3.63, 3.8) is 0 Å². The molecule has 1 aromatic heterocycles. The Kier molecular flexibility index (Phi) is 4.81. The van der Waals surface area contributed by atoms with Gasteiger partial charge in [0.25, 0.3) is 11.8 Å². The van der Waals surface area contributed by atoms with E-state index in [1.165, 1.54) is 17.3 Å². The molecule has 1 aliphatic heterocycles. The first-order chi connectivity index (χ1) is 15.1. The minimum Gasteiger partial charge on any atom is -0.269 e. The molecular formula is C25H16ClN3O2.